The summed E-state index contributed by atoms with van der Waals surface area (Å²) < 4.78 is 11.6. The van der Waals surface area contributed by atoms with Gasteiger partial charge in [0, 0.05) is 0 Å². The molecule has 19 heavy (non-hydrogen) atoms. The van der Waals surface area contributed by atoms with Crippen molar-refractivity contribution in [3.63, 3.8) is 0 Å². The molecule has 102 valence electrons. The lowest BCUT2D eigenvalue weighted by Gasteiger charge is -2.46. The molecule has 1 saturated heterocycles. The van der Waals surface area contributed by atoms with Crippen molar-refractivity contribution < 1.29 is 9.47 Å². The van der Waals surface area contributed by atoms with Crippen LogP contribution < -0.4 is 4.74 Å². The van der Waals surface area contributed by atoms with E-state index in [1.54, 1.807) is 7.11 Å². The maximum absolute atomic E-state index is 9.49. The van der Waals surface area contributed by atoms with Crippen molar-refractivity contribution in [1.82, 2.24) is 0 Å². The number of benzene rings is 1. The van der Waals surface area contributed by atoms with Gasteiger partial charge in [-0.1, -0.05) is 19.9 Å². The minimum Gasteiger partial charge on any atom is -0.496 e. The predicted octanol–water partition coefficient (Wildman–Crippen LogP) is 3.52. The fourth-order valence-corrected chi connectivity index (χ4v) is 3.28. The van der Waals surface area contributed by atoms with Crippen molar-refractivity contribution in [1.29, 1.82) is 5.26 Å². The molecule has 0 spiro atoms. The number of hydrogen-bond acceptors (Lipinski definition) is 3. The second-order valence-corrected chi connectivity index (χ2v) is 6.20. The minimum absolute atomic E-state index is 0.0402. The average molecular weight is 324 g/mol. The molecular formula is C15H18BrNO2. The highest BCUT2D eigenvalue weighted by atomic mass is 79.9. The second-order valence-electron chi connectivity index (χ2n) is 5.35. The first kappa shape index (κ1) is 14.4. The summed E-state index contributed by atoms with van der Waals surface area (Å²) in [6.07, 6.45) is 0. The molecule has 1 aliphatic rings. The number of ether oxygens (including phenoxy) is 2. The van der Waals surface area contributed by atoms with E-state index in [2.05, 4.69) is 35.8 Å². The standard InChI is InChI=1S/C15H18BrNO2/c1-10(2)12(7-17)15(8-19-9-15)11-4-5-14(18-3)13(16)6-11/h4-6,10,12H,8-9H2,1-3H3. The van der Waals surface area contributed by atoms with Crippen molar-refractivity contribution in [3.8, 4) is 11.8 Å². The Bertz CT molecular complexity index is 503. The molecule has 1 heterocycles. The Morgan fingerprint density at radius 3 is 2.47 bits per heavy atom. The van der Waals surface area contributed by atoms with E-state index in [1.807, 2.05) is 18.2 Å². The van der Waals surface area contributed by atoms with Gasteiger partial charge < -0.3 is 9.47 Å². The van der Waals surface area contributed by atoms with Crippen LogP contribution in [0, 0.1) is 23.2 Å². The van der Waals surface area contributed by atoms with E-state index in [1.165, 1.54) is 0 Å². The monoisotopic (exact) mass is 323 g/mol. The van der Waals surface area contributed by atoms with Crippen LogP contribution in [0.2, 0.25) is 0 Å². The van der Waals surface area contributed by atoms with Crippen LogP contribution in [0.15, 0.2) is 22.7 Å². The molecular weight excluding hydrogens is 306 g/mol. The van der Waals surface area contributed by atoms with E-state index in [9.17, 15) is 5.26 Å². The lowest BCUT2D eigenvalue weighted by atomic mass is 9.65. The van der Waals surface area contributed by atoms with Crippen molar-refractivity contribution in [2.24, 2.45) is 11.8 Å². The summed E-state index contributed by atoms with van der Waals surface area (Å²) in [6.45, 7) is 5.41. The molecule has 0 amide bonds. The summed E-state index contributed by atoms with van der Waals surface area (Å²) >= 11 is 3.51. The molecule has 0 N–H and O–H groups in total. The van der Waals surface area contributed by atoms with E-state index in [0.29, 0.717) is 19.1 Å². The number of halogens is 1. The van der Waals surface area contributed by atoms with Crippen LogP contribution in [0.3, 0.4) is 0 Å². The van der Waals surface area contributed by atoms with Gasteiger partial charge in [-0.2, -0.15) is 5.26 Å². The smallest absolute Gasteiger partial charge is 0.133 e. The Balaban J connectivity index is 2.42. The van der Waals surface area contributed by atoms with E-state index >= 15 is 0 Å². The van der Waals surface area contributed by atoms with Crippen LogP contribution in [-0.2, 0) is 10.2 Å². The summed E-state index contributed by atoms with van der Waals surface area (Å²) in [4.78, 5) is 0. The van der Waals surface area contributed by atoms with Crippen LogP contribution in [0.4, 0.5) is 0 Å². The number of nitriles is 1. The fraction of sp³-hybridized carbons (Fsp3) is 0.533. The first-order valence-corrected chi connectivity index (χ1v) is 7.16. The second kappa shape index (κ2) is 5.52. The zero-order chi connectivity index (χ0) is 14.0. The topological polar surface area (TPSA) is 42.2 Å². The van der Waals surface area contributed by atoms with Crippen molar-refractivity contribution in [2.75, 3.05) is 20.3 Å². The maximum atomic E-state index is 9.49. The maximum Gasteiger partial charge on any atom is 0.133 e. The van der Waals surface area contributed by atoms with Crippen molar-refractivity contribution in [3.05, 3.63) is 28.2 Å². The zero-order valence-corrected chi connectivity index (χ0v) is 13.0. The van der Waals surface area contributed by atoms with Crippen LogP contribution >= 0.6 is 15.9 Å². The molecule has 1 unspecified atom stereocenters. The molecule has 4 heteroatoms. The summed E-state index contributed by atoms with van der Waals surface area (Å²) in [5, 5.41) is 9.49. The summed E-state index contributed by atoms with van der Waals surface area (Å²) in [7, 11) is 1.65. The molecule has 1 atom stereocenters. The molecule has 0 radical (unpaired) electrons. The minimum atomic E-state index is -0.183. The van der Waals surface area contributed by atoms with Crippen molar-refractivity contribution in [2.45, 2.75) is 19.3 Å². The molecule has 0 aliphatic carbocycles. The quantitative estimate of drug-likeness (QED) is 0.851. The molecule has 1 aromatic carbocycles. The molecule has 0 aromatic heterocycles. The SMILES string of the molecule is COc1ccc(C2(C(C#N)C(C)C)COC2)cc1Br. The van der Waals surface area contributed by atoms with E-state index in [-0.39, 0.29) is 11.3 Å². The Morgan fingerprint density at radius 2 is 2.11 bits per heavy atom. The third kappa shape index (κ3) is 2.37. The van der Waals surface area contributed by atoms with Gasteiger partial charge in [-0.05, 0) is 39.5 Å². The van der Waals surface area contributed by atoms with Crippen LogP contribution in [0.1, 0.15) is 19.4 Å². The Labute approximate surface area is 122 Å². The van der Waals surface area contributed by atoms with E-state index < -0.39 is 0 Å². The first-order valence-electron chi connectivity index (χ1n) is 6.36. The van der Waals surface area contributed by atoms with Crippen LogP contribution in [0.25, 0.3) is 0 Å². The van der Waals surface area contributed by atoms with E-state index in [0.717, 1.165) is 15.8 Å². The van der Waals surface area contributed by atoms with Gasteiger partial charge >= 0.3 is 0 Å². The molecule has 0 saturated carbocycles. The zero-order valence-electron chi connectivity index (χ0n) is 11.4. The average Bonchev–Trinajstić information content (AvgIpc) is 2.32. The fourth-order valence-electron chi connectivity index (χ4n) is 2.73. The number of methoxy groups -OCH3 is 1. The van der Waals surface area contributed by atoms with Crippen LogP contribution in [-0.4, -0.2) is 20.3 Å². The molecule has 3 nitrogen and oxygen atoms in total. The van der Waals surface area contributed by atoms with Gasteiger partial charge in [0.15, 0.2) is 0 Å². The third-order valence-electron chi connectivity index (χ3n) is 3.85. The van der Waals surface area contributed by atoms with Crippen molar-refractivity contribution >= 4 is 15.9 Å². The molecule has 2 rings (SSSR count). The Hall–Kier alpha value is -1.05. The highest BCUT2D eigenvalue weighted by Crippen LogP contribution is 2.44. The molecule has 1 fully saturated rings. The van der Waals surface area contributed by atoms with Gasteiger partial charge in [-0.15, -0.1) is 0 Å². The number of rotatable bonds is 4. The molecule has 1 aliphatic heterocycles. The summed E-state index contributed by atoms with van der Waals surface area (Å²) in [5.74, 6) is 1.06. The first-order chi connectivity index (χ1) is 9.05. The highest BCUT2D eigenvalue weighted by Gasteiger charge is 2.48. The lowest BCUT2D eigenvalue weighted by molar-refractivity contribution is -0.0877. The van der Waals surface area contributed by atoms with Gasteiger partial charge in [-0.3, -0.25) is 0 Å². The Morgan fingerprint density at radius 1 is 1.42 bits per heavy atom. The Kier molecular flexibility index (Phi) is 4.17. The number of nitrogens with zero attached hydrogens (tertiary/aromatic N) is 1. The van der Waals surface area contributed by atoms with Gasteiger partial charge in [-0.25, -0.2) is 0 Å². The summed E-state index contributed by atoms with van der Waals surface area (Å²) in [5.41, 5.74) is 0.962. The van der Waals surface area contributed by atoms with Gasteiger partial charge in [0.25, 0.3) is 0 Å². The van der Waals surface area contributed by atoms with Gasteiger partial charge in [0.2, 0.25) is 0 Å². The lowest BCUT2D eigenvalue weighted by Crippen LogP contribution is -2.53. The highest BCUT2D eigenvalue weighted by molar-refractivity contribution is 9.10. The van der Waals surface area contributed by atoms with Gasteiger partial charge in [0.1, 0.15) is 5.75 Å². The van der Waals surface area contributed by atoms with Crippen LogP contribution in [0.5, 0.6) is 5.75 Å². The normalized spacial score (nSPS) is 18.5. The molecule has 1 aromatic rings. The third-order valence-corrected chi connectivity index (χ3v) is 4.47. The van der Waals surface area contributed by atoms with E-state index in [4.69, 9.17) is 9.47 Å². The number of hydrogen-bond donors (Lipinski definition) is 0. The molecule has 0 bridgehead atoms. The summed E-state index contributed by atoms with van der Waals surface area (Å²) in [6, 6.07) is 8.49. The predicted molar refractivity (Wildman–Crippen MR) is 77.1 cm³/mol. The largest absolute Gasteiger partial charge is 0.496 e. The van der Waals surface area contributed by atoms with Gasteiger partial charge in [0.05, 0.1) is 42.2 Å².